The standard InChI is InChI=1S/C22H20F5N3O4/c1-11(32)12-2-4-13(5-3-12)29-6-8-30(9-7-29)22(34)14(10-31)28-21(33)15-16(23)18(25)20(27)19(26)17(15)24/h2-5,14,31H,6-10H2,1H3,(H,28,33). The van der Waals surface area contributed by atoms with Crippen LogP contribution >= 0.6 is 0 Å². The third-order valence-electron chi connectivity index (χ3n) is 5.45. The predicted molar refractivity (Wildman–Crippen MR) is 110 cm³/mol. The van der Waals surface area contributed by atoms with E-state index in [1.807, 2.05) is 10.2 Å². The van der Waals surface area contributed by atoms with Crippen molar-refractivity contribution >= 4 is 23.3 Å². The van der Waals surface area contributed by atoms with E-state index in [-0.39, 0.29) is 18.9 Å². The number of anilines is 1. The van der Waals surface area contributed by atoms with Crippen LogP contribution in [0.2, 0.25) is 0 Å². The van der Waals surface area contributed by atoms with E-state index in [4.69, 9.17) is 0 Å². The van der Waals surface area contributed by atoms with Crippen LogP contribution in [0.3, 0.4) is 0 Å². The number of hydrogen-bond donors (Lipinski definition) is 2. The number of aliphatic hydroxyl groups is 1. The molecule has 182 valence electrons. The summed E-state index contributed by atoms with van der Waals surface area (Å²) in [6.45, 7) is 1.56. The Morgan fingerprint density at radius 1 is 0.882 bits per heavy atom. The minimum atomic E-state index is -2.42. The molecule has 0 aromatic heterocycles. The quantitative estimate of drug-likeness (QED) is 0.283. The first-order valence-electron chi connectivity index (χ1n) is 10.1. The molecular formula is C22H20F5N3O4. The molecule has 34 heavy (non-hydrogen) atoms. The van der Waals surface area contributed by atoms with E-state index in [2.05, 4.69) is 0 Å². The largest absolute Gasteiger partial charge is 0.394 e. The zero-order valence-corrected chi connectivity index (χ0v) is 17.9. The van der Waals surface area contributed by atoms with E-state index in [1.54, 1.807) is 24.3 Å². The second kappa shape index (κ2) is 10.2. The molecule has 1 aliphatic heterocycles. The third-order valence-corrected chi connectivity index (χ3v) is 5.45. The molecule has 1 heterocycles. The van der Waals surface area contributed by atoms with Crippen molar-refractivity contribution in [2.45, 2.75) is 13.0 Å². The van der Waals surface area contributed by atoms with Crippen LogP contribution in [-0.4, -0.2) is 66.4 Å². The SMILES string of the molecule is CC(=O)c1ccc(N2CCN(C(=O)C(CO)NC(=O)c3c(F)c(F)c(F)c(F)c3F)CC2)cc1. The van der Waals surface area contributed by atoms with Gasteiger partial charge in [-0.3, -0.25) is 14.4 Å². The molecule has 2 amide bonds. The van der Waals surface area contributed by atoms with Crippen LogP contribution in [0, 0.1) is 29.1 Å². The van der Waals surface area contributed by atoms with Crippen molar-refractivity contribution in [2.75, 3.05) is 37.7 Å². The van der Waals surface area contributed by atoms with Crippen LogP contribution in [0.5, 0.6) is 0 Å². The number of rotatable bonds is 6. The van der Waals surface area contributed by atoms with Gasteiger partial charge in [-0.05, 0) is 31.2 Å². The number of ketones is 1. The van der Waals surface area contributed by atoms with Crippen molar-refractivity contribution in [3.63, 3.8) is 0 Å². The van der Waals surface area contributed by atoms with Gasteiger partial charge in [-0.2, -0.15) is 0 Å². The third kappa shape index (κ3) is 4.86. The van der Waals surface area contributed by atoms with Crippen molar-refractivity contribution in [3.8, 4) is 0 Å². The monoisotopic (exact) mass is 485 g/mol. The Hall–Kier alpha value is -3.54. The molecule has 1 aliphatic rings. The van der Waals surface area contributed by atoms with Crippen molar-refractivity contribution in [3.05, 3.63) is 64.5 Å². The van der Waals surface area contributed by atoms with Crippen LogP contribution in [-0.2, 0) is 4.79 Å². The molecule has 12 heteroatoms. The zero-order valence-electron chi connectivity index (χ0n) is 17.9. The molecule has 1 atom stereocenters. The highest BCUT2D eigenvalue weighted by molar-refractivity contribution is 5.98. The smallest absolute Gasteiger partial charge is 0.258 e. The predicted octanol–water partition coefficient (Wildman–Crippen LogP) is 2.02. The number of carbonyl (C=O) groups excluding carboxylic acids is 3. The fraction of sp³-hybridized carbons (Fsp3) is 0.318. The Labute approximate surface area is 190 Å². The molecule has 2 aromatic rings. The zero-order chi connectivity index (χ0) is 25.2. The average Bonchev–Trinajstić information content (AvgIpc) is 2.84. The second-order valence-electron chi connectivity index (χ2n) is 7.57. The molecule has 0 spiro atoms. The lowest BCUT2D eigenvalue weighted by Gasteiger charge is -2.37. The molecule has 0 saturated carbocycles. The van der Waals surface area contributed by atoms with E-state index in [0.717, 1.165) is 5.69 Å². The van der Waals surface area contributed by atoms with Crippen molar-refractivity contribution in [1.29, 1.82) is 0 Å². The Balaban J connectivity index is 1.67. The van der Waals surface area contributed by atoms with Gasteiger partial charge in [-0.1, -0.05) is 0 Å². The summed E-state index contributed by atoms with van der Waals surface area (Å²) in [6.07, 6.45) is 0. The van der Waals surface area contributed by atoms with Crippen LogP contribution in [0.4, 0.5) is 27.6 Å². The van der Waals surface area contributed by atoms with E-state index >= 15 is 0 Å². The number of nitrogens with zero attached hydrogens (tertiary/aromatic N) is 2. The van der Waals surface area contributed by atoms with E-state index in [9.17, 15) is 41.4 Å². The average molecular weight is 485 g/mol. The summed E-state index contributed by atoms with van der Waals surface area (Å²) in [7, 11) is 0. The fourth-order valence-corrected chi connectivity index (χ4v) is 3.53. The van der Waals surface area contributed by atoms with Gasteiger partial charge in [0.2, 0.25) is 11.7 Å². The minimum Gasteiger partial charge on any atom is -0.394 e. The lowest BCUT2D eigenvalue weighted by Crippen LogP contribution is -2.56. The topological polar surface area (TPSA) is 90.0 Å². The van der Waals surface area contributed by atoms with Gasteiger partial charge in [0, 0.05) is 37.4 Å². The number of hydrogen-bond acceptors (Lipinski definition) is 5. The Kier molecular flexibility index (Phi) is 7.50. The lowest BCUT2D eigenvalue weighted by molar-refractivity contribution is -0.134. The molecule has 3 rings (SSSR count). The number of aliphatic hydroxyl groups excluding tert-OH is 1. The van der Waals surface area contributed by atoms with Gasteiger partial charge in [-0.25, -0.2) is 22.0 Å². The number of nitrogens with one attached hydrogen (secondary N) is 1. The van der Waals surface area contributed by atoms with Crippen molar-refractivity contribution in [1.82, 2.24) is 10.2 Å². The molecule has 2 N–H and O–H groups in total. The number of piperazine rings is 1. The molecule has 0 aliphatic carbocycles. The van der Waals surface area contributed by atoms with Gasteiger partial charge >= 0.3 is 0 Å². The Morgan fingerprint density at radius 3 is 1.85 bits per heavy atom. The van der Waals surface area contributed by atoms with E-state index < -0.39 is 59.1 Å². The first kappa shape index (κ1) is 25.1. The minimum absolute atomic E-state index is 0.0788. The van der Waals surface area contributed by atoms with Crippen LogP contribution in [0.25, 0.3) is 0 Å². The Bertz CT molecular complexity index is 1090. The first-order valence-corrected chi connectivity index (χ1v) is 10.1. The summed E-state index contributed by atoms with van der Waals surface area (Å²) in [5, 5.41) is 11.4. The maximum atomic E-state index is 13.9. The summed E-state index contributed by atoms with van der Waals surface area (Å²) in [5.41, 5.74) is -0.384. The summed E-state index contributed by atoms with van der Waals surface area (Å²) >= 11 is 0. The molecule has 2 aromatic carbocycles. The second-order valence-corrected chi connectivity index (χ2v) is 7.57. The van der Waals surface area contributed by atoms with Gasteiger partial charge in [0.1, 0.15) is 11.6 Å². The molecule has 1 unspecified atom stereocenters. The molecule has 0 bridgehead atoms. The van der Waals surface area contributed by atoms with Crippen molar-refractivity contribution < 1.29 is 41.4 Å². The molecule has 1 fully saturated rings. The van der Waals surface area contributed by atoms with Gasteiger partial charge < -0.3 is 20.2 Å². The Morgan fingerprint density at radius 2 is 1.38 bits per heavy atom. The summed E-state index contributed by atoms with van der Waals surface area (Å²) in [6, 6.07) is 5.20. The highest BCUT2D eigenvalue weighted by Gasteiger charge is 2.33. The lowest BCUT2D eigenvalue weighted by atomic mass is 10.1. The molecular weight excluding hydrogens is 465 g/mol. The normalized spacial score (nSPS) is 14.7. The van der Waals surface area contributed by atoms with Gasteiger partial charge in [-0.15, -0.1) is 0 Å². The van der Waals surface area contributed by atoms with E-state index in [0.29, 0.717) is 18.7 Å². The van der Waals surface area contributed by atoms with Gasteiger partial charge in [0.25, 0.3) is 5.91 Å². The molecule has 1 saturated heterocycles. The summed E-state index contributed by atoms with van der Waals surface area (Å²) in [5.74, 6) is -14.3. The van der Waals surface area contributed by atoms with Crippen LogP contribution in [0.1, 0.15) is 27.6 Å². The number of Topliss-reactive ketones (excluding diaryl/α,β-unsaturated/α-hetero) is 1. The van der Waals surface area contributed by atoms with Gasteiger partial charge in [0.15, 0.2) is 29.1 Å². The number of amides is 2. The number of halogens is 5. The van der Waals surface area contributed by atoms with Gasteiger partial charge in [0.05, 0.1) is 6.61 Å². The number of carbonyl (C=O) groups is 3. The van der Waals surface area contributed by atoms with E-state index in [1.165, 1.54) is 11.8 Å². The maximum Gasteiger partial charge on any atom is 0.258 e. The van der Waals surface area contributed by atoms with Crippen LogP contribution in [0.15, 0.2) is 24.3 Å². The maximum absolute atomic E-state index is 13.9. The summed E-state index contributed by atoms with van der Waals surface area (Å²) in [4.78, 5) is 39.5. The highest BCUT2D eigenvalue weighted by Crippen LogP contribution is 2.23. The highest BCUT2D eigenvalue weighted by atomic mass is 19.2. The first-order chi connectivity index (χ1) is 16.1. The van der Waals surface area contributed by atoms with Crippen molar-refractivity contribution in [2.24, 2.45) is 0 Å². The molecule has 0 radical (unpaired) electrons. The fourth-order valence-electron chi connectivity index (χ4n) is 3.53. The summed E-state index contributed by atoms with van der Waals surface area (Å²) < 4.78 is 67.7. The molecule has 7 nitrogen and oxygen atoms in total. The van der Waals surface area contributed by atoms with Crippen LogP contribution < -0.4 is 10.2 Å². The number of benzene rings is 2.